The third-order valence-electron chi connectivity index (χ3n) is 3.03. The number of ether oxygens (including phenoxy) is 1. The molecule has 0 fully saturated rings. The number of amides is 2. The van der Waals surface area contributed by atoms with Gasteiger partial charge in [-0.1, -0.05) is 30.3 Å². The Morgan fingerprint density at radius 2 is 1.88 bits per heavy atom. The van der Waals surface area contributed by atoms with E-state index in [1.807, 2.05) is 30.3 Å². The van der Waals surface area contributed by atoms with Gasteiger partial charge in [0.1, 0.15) is 17.5 Å². The molecule has 0 aliphatic rings. The second-order valence-electron chi connectivity index (χ2n) is 6.39. The number of aromatic amines is 1. The van der Waals surface area contributed by atoms with Gasteiger partial charge in [0.2, 0.25) is 5.91 Å². The minimum Gasteiger partial charge on any atom is -0.444 e. The molecule has 0 aliphatic carbocycles. The van der Waals surface area contributed by atoms with Gasteiger partial charge in [0, 0.05) is 11.6 Å². The highest BCUT2D eigenvalue weighted by atomic mass is 16.6. The lowest BCUT2D eigenvalue weighted by molar-refractivity contribution is -0.117. The summed E-state index contributed by atoms with van der Waals surface area (Å²) in [5, 5.41) is 12.1. The molecule has 1 atom stereocenters. The molecule has 128 valence electrons. The number of hydrogen-bond acceptors (Lipinski definition) is 4. The standard InChI is InChI=1S/C17H22N4O3/c1-11(18-16(23)24-17(2,3)4)15(22)19-14-10-13(20-21-14)12-8-6-5-7-9-12/h5-11H,1-4H3,(H,18,23)(H2,19,20,21,22). The first kappa shape index (κ1) is 17.5. The van der Waals surface area contributed by atoms with Crippen LogP contribution in [0, 0.1) is 0 Å². The number of H-pyrrole nitrogens is 1. The van der Waals surface area contributed by atoms with E-state index >= 15 is 0 Å². The van der Waals surface area contributed by atoms with Gasteiger partial charge in [-0.2, -0.15) is 5.10 Å². The lowest BCUT2D eigenvalue weighted by Crippen LogP contribution is -2.44. The Hall–Kier alpha value is -2.83. The zero-order valence-electron chi connectivity index (χ0n) is 14.2. The van der Waals surface area contributed by atoms with Crippen LogP contribution in [-0.2, 0) is 9.53 Å². The van der Waals surface area contributed by atoms with Crippen molar-refractivity contribution in [3.8, 4) is 11.3 Å². The van der Waals surface area contributed by atoms with Gasteiger partial charge in [-0.3, -0.25) is 9.89 Å². The first-order valence-corrected chi connectivity index (χ1v) is 7.66. The molecule has 2 amide bonds. The second-order valence-corrected chi connectivity index (χ2v) is 6.39. The highest BCUT2D eigenvalue weighted by molar-refractivity contribution is 5.95. The zero-order valence-corrected chi connectivity index (χ0v) is 14.2. The molecule has 1 heterocycles. The first-order chi connectivity index (χ1) is 11.2. The van der Waals surface area contributed by atoms with E-state index in [0.29, 0.717) is 5.82 Å². The number of benzene rings is 1. The Morgan fingerprint density at radius 3 is 2.50 bits per heavy atom. The summed E-state index contributed by atoms with van der Waals surface area (Å²) in [7, 11) is 0. The van der Waals surface area contributed by atoms with Crippen LogP contribution in [0.25, 0.3) is 11.3 Å². The molecule has 2 rings (SSSR count). The van der Waals surface area contributed by atoms with Crippen molar-refractivity contribution in [3.05, 3.63) is 36.4 Å². The van der Waals surface area contributed by atoms with E-state index in [4.69, 9.17) is 4.74 Å². The van der Waals surface area contributed by atoms with E-state index in [9.17, 15) is 9.59 Å². The van der Waals surface area contributed by atoms with Crippen molar-refractivity contribution >= 4 is 17.8 Å². The van der Waals surface area contributed by atoms with Crippen molar-refractivity contribution in [2.24, 2.45) is 0 Å². The Morgan fingerprint density at radius 1 is 1.21 bits per heavy atom. The number of carbonyl (C=O) groups is 2. The monoisotopic (exact) mass is 330 g/mol. The average Bonchev–Trinajstić information content (AvgIpc) is 2.94. The Bertz CT molecular complexity index is 704. The number of alkyl carbamates (subject to hydrolysis) is 1. The zero-order chi connectivity index (χ0) is 17.7. The maximum Gasteiger partial charge on any atom is 0.408 e. The van der Waals surface area contributed by atoms with Crippen molar-refractivity contribution < 1.29 is 14.3 Å². The number of nitrogens with zero attached hydrogens (tertiary/aromatic N) is 1. The quantitative estimate of drug-likeness (QED) is 0.803. The molecule has 1 unspecified atom stereocenters. The predicted octanol–water partition coefficient (Wildman–Crippen LogP) is 2.93. The molecule has 2 aromatic rings. The van der Waals surface area contributed by atoms with Crippen molar-refractivity contribution in [1.82, 2.24) is 15.5 Å². The summed E-state index contributed by atoms with van der Waals surface area (Å²) < 4.78 is 5.12. The summed E-state index contributed by atoms with van der Waals surface area (Å²) in [5.74, 6) is 0.0841. The minimum atomic E-state index is -0.747. The van der Waals surface area contributed by atoms with Gasteiger partial charge in [0.05, 0.1) is 5.69 Å². The summed E-state index contributed by atoms with van der Waals surface area (Å²) in [5.41, 5.74) is 1.04. The fraction of sp³-hybridized carbons (Fsp3) is 0.353. The topological polar surface area (TPSA) is 96.1 Å². The fourth-order valence-electron chi connectivity index (χ4n) is 1.93. The number of hydrogen-bond donors (Lipinski definition) is 3. The van der Waals surface area contributed by atoms with Gasteiger partial charge in [0.15, 0.2) is 0 Å². The van der Waals surface area contributed by atoms with Crippen LogP contribution in [0.15, 0.2) is 36.4 Å². The molecule has 7 heteroatoms. The predicted molar refractivity (Wildman–Crippen MR) is 91.5 cm³/mol. The van der Waals surface area contributed by atoms with Gasteiger partial charge < -0.3 is 15.4 Å². The van der Waals surface area contributed by atoms with E-state index in [1.165, 1.54) is 0 Å². The molecule has 1 aromatic heterocycles. The van der Waals surface area contributed by atoms with Gasteiger partial charge in [-0.05, 0) is 27.7 Å². The van der Waals surface area contributed by atoms with Crippen LogP contribution in [0.2, 0.25) is 0 Å². The summed E-state index contributed by atoms with van der Waals surface area (Å²) >= 11 is 0. The van der Waals surface area contributed by atoms with Crippen molar-refractivity contribution in [3.63, 3.8) is 0 Å². The summed E-state index contributed by atoms with van der Waals surface area (Å²) in [4.78, 5) is 23.8. The Balaban J connectivity index is 1.92. The van der Waals surface area contributed by atoms with Crippen LogP contribution in [-0.4, -0.2) is 33.8 Å². The van der Waals surface area contributed by atoms with E-state index < -0.39 is 17.7 Å². The van der Waals surface area contributed by atoms with Gasteiger partial charge in [-0.15, -0.1) is 0 Å². The van der Waals surface area contributed by atoms with Crippen molar-refractivity contribution in [2.45, 2.75) is 39.3 Å². The third-order valence-corrected chi connectivity index (χ3v) is 3.03. The van der Waals surface area contributed by atoms with Crippen molar-refractivity contribution in [1.29, 1.82) is 0 Å². The van der Waals surface area contributed by atoms with Gasteiger partial charge in [0.25, 0.3) is 0 Å². The lowest BCUT2D eigenvalue weighted by atomic mass is 10.1. The number of anilines is 1. The van der Waals surface area contributed by atoms with E-state index in [2.05, 4.69) is 20.8 Å². The van der Waals surface area contributed by atoms with Crippen LogP contribution < -0.4 is 10.6 Å². The van der Waals surface area contributed by atoms with Gasteiger partial charge >= 0.3 is 6.09 Å². The molecule has 0 aliphatic heterocycles. The molecule has 0 saturated carbocycles. The number of carbonyl (C=O) groups excluding carboxylic acids is 2. The summed E-state index contributed by atoms with van der Waals surface area (Å²) in [6, 6.07) is 10.6. The summed E-state index contributed by atoms with van der Waals surface area (Å²) in [6.45, 7) is 6.85. The fourth-order valence-corrected chi connectivity index (χ4v) is 1.93. The molecule has 0 saturated heterocycles. The van der Waals surface area contributed by atoms with E-state index in [1.54, 1.807) is 33.8 Å². The largest absolute Gasteiger partial charge is 0.444 e. The maximum absolute atomic E-state index is 12.1. The first-order valence-electron chi connectivity index (χ1n) is 7.66. The number of aromatic nitrogens is 2. The minimum absolute atomic E-state index is 0.371. The highest BCUT2D eigenvalue weighted by Gasteiger charge is 2.21. The van der Waals surface area contributed by atoms with E-state index in [-0.39, 0.29) is 5.91 Å². The molecule has 7 nitrogen and oxygen atoms in total. The van der Waals surface area contributed by atoms with Crippen LogP contribution in [0.3, 0.4) is 0 Å². The van der Waals surface area contributed by atoms with Crippen LogP contribution >= 0.6 is 0 Å². The third kappa shape index (κ3) is 5.12. The smallest absolute Gasteiger partial charge is 0.408 e. The molecule has 3 N–H and O–H groups in total. The van der Waals surface area contributed by atoms with Gasteiger partial charge in [-0.25, -0.2) is 4.79 Å². The molecule has 0 radical (unpaired) electrons. The molecule has 24 heavy (non-hydrogen) atoms. The average molecular weight is 330 g/mol. The van der Waals surface area contributed by atoms with Crippen LogP contribution in [0.1, 0.15) is 27.7 Å². The van der Waals surface area contributed by atoms with Crippen LogP contribution in [0.5, 0.6) is 0 Å². The normalized spacial score (nSPS) is 12.3. The lowest BCUT2D eigenvalue weighted by Gasteiger charge is -2.21. The molecular formula is C17H22N4O3. The van der Waals surface area contributed by atoms with Crippen molar-refractivity contribution in [2.75, 3.05) is 5.32 Å². The molecule has 0 bridgehead atoms. The van der Waals surface area contributed by atoms with Crippen LogP contribution in [0.4, 0.5) is 10.6 Å². The summed E-state index contributed by atoms with van der Waals surface area (Å²) in [6.07, 6.45) is -0.639. The second kappa shape index (κ2) is 7.16. The van der Waals surface area contributed by atoms with E-state index in [0.717, 1.165) is 11.3 Å². The molecule has 0 spiro atoms. The molecular weight excluding hydrogens is 308 g/mol. The highest BCUT2D eigenvalue weighted by Crippen LogP contribution is 2.19. The maximum atomic E-state index is 12.1. The SMILES string of the molecule is CC(NC(=O)OC(C)(C)C)C(=O)Nc1cc(-c2ccccc2)n[nH]1. The molecule has 1 aromatic carbocycles. The Kier molecular flexibility index (Phi) is 5.23. The number of rotatable bonds is 4. The Labute approximate surface area is 140 Å². The number of nitrogens with one attached hydrogen (secondary N) is 3.